The van der Waals surface area contributed by atoms with Gasteiger partial charge in [-0.2, -0.15) is 0 Å². The van der Waals surface area contributed by atoms with Crippen LogP contribution in [0.4, 0.5) is 11.4 Å². The van der Waals surface area contributed by atoms with E-state index in [2.05, 4.69) is 62.3 Å². The SMILES string of the molecule is Cc1cnccc1Nc1ccc(C(C)(C)C)cc1. The fraction of sp³-hybridized carbons (Fsp3) is 0.312. The molecule has 0 saturated carbocycles. The minimum absolute atomic E-state index is 0.200. The number of hydrogen-bond donors (Lipinski definition) is 1. The van der Waals surface area contributed by atoms with E-state index < -0.39 is 0 Å². The van der Waals surface area contributed by atoms with Gasteiger partial charge in [-0.25, -0.2) is 0 Å². The van der Waals surface area contributed by atoms with E-state index in [0.29, 0.717) is 0 Å². The molecule has 0 aliphatic rings. The summed E-state index contributed by atoms with van der Waals surface area (Å²) < 4.78 is 0. The summed E-state index contributed by atoms with van der Waals surface area (Å²) in [6.45, 7) is 8.73. The lowest BCUT2D eigenvalue weighted by molar-refractivity contribution is 0.590. The smallest absolute Gasteiger partial charge is 0.0444 e. The third-order valence-corrected chi connectivity index (χ3v) is 3.05. The maximum Gasteiger partial charge on any atom is 0.0444 e. The molecule has 2 rings (SSSR count). The van der Waals surface area contributed by atoms with E-state index in [9.17, 15) is 0 Å². The quantitative estimate of drug-likeness (QED) is 0.840. The monoisotopic (exact) mass is 240 g/mol. The minimum atomic E-state index is 0.200. The van der Waals surface area contributed by atoms with Crippen LogP contribution >= 0.6 is 0 Å². The Kier molecular flexibility index (Phi) is 3.37. The summed E-state index contributed by atoms with van der Waals surface area (Å²) in [7, 11) is 0. The van der Waals surface area contributed by atoms with Gasteiger partial charge in [-0.15, -0.1) is 0 Å². The first-order valence-electron chi connectivity index (χ1n) is 6.25. The Morgan fingerprint density at radius 3 is 2.22 bits per heavy atom. The van der Waals surface area contributed by atoms with Crippen molar-refractivity contribution in [3.63, 3.8) is 0 Å². The zero-order chi connectivity index (χ0) is 13.2. The van der Waals surface area contributed by atoms with Gasteiger partial charge in [0.2, 0.25) is 0 Å². The number of nitrogens with one attached hydrogen (secondary N) is 1. The van der Waals surface area contributed by atoms with Crippen molar-refractivity contribution in [1.29, 1.82) is 0 Å². The zero-order valence-electron chi connectivity index (χ0n) is 11.5. The summed E-state index contributed by atoms with van der Waals surface area (Å²) >= 11 is 0. The maximum absolute atomic E-state index is 4.09. The summed E-state index contributed by atoms with van der Waals surface area (Å²) in [5, 5.41) is 3.41. The van der Waals surface area contributed by atoms with E-state index in [0.717, 1.165) is 16.9 Å². The second kappa shape index (κ2) is 4.81. The first-order chi connectivity index (χ1) is 8.47. The average Bonchev–Trinajstić information content (AvgIpc) is 2.32. The maximum atomic E-state index is 4.09. The molecule has 0 spiro atoms. The molecule has 2 nitrogen and oxygen atoms in total. The second-order valence-electron chi connectivity index (χ2n) is 5.64. The van der Waals surface area contributed by atoms with E-state index in [1.165, 1.54) is 5.56 Å². The molecule has 0 atom stereocenters. The van der Waals surface area contributed by atoms with Crippen molar-refractivity contribution in [1.82, 2.24) is 4.98 Å². The molecule has 0 aliphatic carbocycles. The second-order valence-corrected chi connectivity index (χ2v) is 5.64. The molecule has 0 fully saturated rings. The van der Waals surface area contributed by atoms with Gasteiger partial charge in [0, 0.05) is 23.8 Å². The number of aryl methyl sites for hydroxylation is 1. The number of rotatable bonds is 2. The van der Waals surface area contributed by atoms with Crippen LogP contribution in [0.15, 0.2) is 42.7 Å². The molecule has 1 heterocycles. The van der Waals surface area contributed by atoms with Crippen molar-refractivity contribution in [3.8, 4) is 0 Å². The van der Waals surface area contributed by atoms with Gasteiger partial charge >= 0.3 is 0 Å². The summed E-state index contributed by atoms with van der Waals surface area (Å²) in [4.78, 5) is 4.09. The highest BCUT2D eigenvalue weighted by Crippen LogP contribution is 2.25. The Hall–Kier alpha value is -1.83. The fourth-order valence-corrected chi connectivity index (χ4v) is 1.82. The minimum Gasteiger partial charge on any atom is -0.355 e. The Balaban J connectivity index is 2.19. The first kappa shape index (κ1) is 12.6. The van der Waals surface area contributed by atoms with Gasteiger partial charge in [-0.1, -0.05) is 32.9 Å². The van der Waals surface area contributed by atoms with E-state index in [1.807, 2.05) is 12.3 Å². The molecule has 2 aromatic rings. The fourth-order valence-electron chi connectivity index (χ4n) is 1.82. The standard InChI is InChI=1S/C16H20N2/c1-12-11-17-10-9-15(12)18-14-7-5-13(6-8-14)16(2,3)4/h5-11H,1-4H3,(H,17,18). The van der Waals surface area contributed by atoms with E-state index in [4.69, 9.17) is 0 Å². The summed E-state index contributed by atoms with van der Waals surface area (Å²) in [6, 6.07) is 10.6. The van der Waals surface area contributed by atoms with Crippen molar-refractivity contribution >= 4 is 11.4 Å². The summed E-state index contributed by atoms with van der Waals surface area (Å²) in [6.07, 6.45) is 3.67. The van der Waals surface area contributed by atoms with Crippen LogP contribution in [0.3, 0.4) is 0 Å². The Bertz CT molecular complexity index is 522. The van der Waals surface area contributed by atoms with Gasteiger partial charge < -0.3 is 5.32 Å². The predicted octanol–water partition coefficient (Wildman–Crippen LogP) is 4.43. The van der Waals surface area contributed by atoms with Crippen LogP contribution in [0.5, 0.6) is 0 Å². The molecule has 0 unspecified atom stereocenters. The summed E-state index contributed by atoms with van der Waals surface area (Å²) in [5.74, 6) is 0. The van der Waals surface area contributed by atoms with Gasteiger partial charge in [0.15, 0.2) is 0 Å². The number of nitrogens with zero attached hydrogens (tertiary/aromatic N) is 1. The number of aromatic nitrogens is 1. The molecule has 0 amide bonds. The van der Waals surface area contributed by atoms with Gasteiger partial charge in [0.1, 0.15) is 0 Å². The molecular formula is C16H20N2. The highest BCUT2D eigenvalue weighted by atomic mass is 14.9. The van der Waals surface area contributed by atoms with E-state index in [1.54, 1.807) is 6.20 Å². The molecule has 0 saturated heterocycles. The molecule has 18 heavy (non-hydrogen) atoms. The molecule has 1 aromatic heterocycles. The van der Waals surface area contributed by atoms with Gasteiger partial charge in [-0.3, -0.25) is 4.98 Å². The molecule has 1 aromatic carbocycles. The molecule has 94 valence electrons. The molecular weight excluding hydrogens is 220 g/mol. The van der Waals surface area contributed by atoms with Crippen LogP contribution in [-0.2, 0) is 5.41 Å². The van der Waals surface area contributed by atoms with Crippen molar-refractivity contribution < 1.29 is 0 Å². The van der Waals surface area contributed by atoms with Crippen molar-refractivity contribution in [2.45, 2.75) is 33.1 Å². The number of anilines is 2. The lowest BCUT2D eigenvalue weighted by Gasteiger charge is -2.19. The average molecular weight is 240 g/mol. The van der Waals surface area contributed by atoms with Crippen LogP contribution < -0.4 is 5.32 Å². The van der Waals surface area contributed by atoms with E-state index >= 15 is 0 Å². The number of benzene rings is 1. The Morgan fingerprint density at radius 1 is 1.00 bits per heavy atom. The topological polar surface area (TPSA) is 24.9 Å². The van der Waals surface area contributed by atoms with Gasteiger partial charge in [0.25, 0.3) is 0 Å². The molecule has 0 radical (unpaired) electrons. The van der Waals surface area contributed by atoms with Crippen LogP contribution in [0, 0.1) is 6.92 Å². The van der Waals surface area contributed by atoms with Crippen molar-refractivity contribution in [2.75, 3.05) is 5.32 Å². The van der Waals surface area contributed by atoms with Crippen molar-refractivity contribution in [2.24, 2.45) is 0 Å². The third kappa shape index (κ3) is 2.89. The zero-order valence-corrected chi connectivity index (χ0v) is 11.5. The highest BCUT2D eigenvalue weighted by molar-refractivity contribution is 5.62. The molecule has 1 N–H and O–H groups in total. The normalized spacial score (nSPS) is 11.3. The lowest BCUT2D eigenvalue weighted by Crippen LogP contribution is -2.10. The third-order valence-electron chi connectivity index (χ3n) is 3.05. The van der Waals surface area contributed by atoms with Crippen LogP contribution in [0.2, 0.25) is 0 Å². The number of hydrogen-bond acceptors (Lipinski definition) is 2. The molecule has 2 heteroatoms. The molecule has 0 bridgehead atoms. The molecule has 0 aliphatic heterocycles. The van der Waals surface area contributed by atoms with Crippen LogP contribution in [0.25, 0.3) is 0 Å². The number of pyridine rings is 1. The lowest BCUT2D eigenvalue weighted by atomic mass is 9.87. The van der Waals surface area contributed by atoms with Gasteiger partial charge in [-0.05, 0) is 41.7 Å². The largest absolute Gasteiger partial charge is 0.355 e. The highest BCUT2D eigenvalue weighted by Gasteiger charge is 2.12. The van der Waals surface area contributed by atoms with E-state index in [-0.39, 0.29) is 5.41 Å². The van der Waals surface area contributed by atoms with Crippen LogP contribution in [0.1, 0.15) is 31.9 Å². The predicted molar refractivity (Wildman–Crippen MR) is 77.4 cm³/mol. The summed E-state index contributed by atoms with van der Waals surface area (Å²) in [5.41, 5.74) is 4.91. The Morgan fingerprint density at radius 2 is 1.67 bits per heavy atom. The van der Waals surface area contributed by atoms with Gasteiger partial charge in [0.05, 0.1) is 0 Å². The van der Waals surface area contributed by atoms with Crippen LogP contribution in [-0.4, -0.2) is 4.98 Å². The first-order valence-corrected chi connectivity index (χ1v) is 6.25. The van der Waals surface area contributed by atoms with Crippen molar-refractivity contribution in [3.05, 3.63) is 53.9 Å². The Labute approximate surface area is 109 Å².